The summed E-state index contributed by atoms with van der Waals surface area (Å²) in [6.07, 6.45) is 0.964. The number of Topliss-reactive ketones (excluding diaryl/α,β-unsaturated/α-hetero) is 1. The van der Waals surface area contributed by atoms with Gasteiger partial charge in [0.25, 0.3) is 0 Å². The Labute approximate surface area is 72.0 Å². The first-order chi connectivity index (χ1) is 5.07. The standard InChI is InChI=1S/C7H13NO2S/c1-5(9)3-4-6(8-2)7(10)11/h6,8H,3-4H2,1-2H3,(H,10,11)/t6-/m1/s1. The second kappa shape index (κ2) is 5.32. The Morgan fingerprint density at radius 1 is 1.55 bits per heavy atom. The highest BCUT2D eigenvalue weighted by Crippen LogP contribution is 2.00. The van der Waals surface area contributed by atoms with Gasteiger partial charge in [-0.05, 0) is 20.4 Å². The van der Waals surface area contributed by atoms with Gasteiger partial charge in [0, 0.05) is 6.42 Å². The Bertz CT molecular complexity index is 159. The first kappa shape index (κ1) is 10.7. The van der Waals surface area contributed by atoms with Gasteiger partial charge >= 0.3 is 0 Å². The lowest BCUT2D eigenvalue weighted by Gasteiger charge is -2.09. The first-order valence-corrected chi connectivity index (χ1v) is 3.92. The fraction of sp³-hybridized carbons (Fsp3) is 0.714. The van der Waals surface area contributed by atoms with Crippen LogP contribution in [0.15, 0.2) is 0 Å². The van der Waals surface area contributed by atoms with Crippen molar-refractivity contribution in [2.75, 3.05) is 7.05 Å². The van der Waals surface area contributed by atoms with Crippen molar-refractivity contribution in [3.8, 4) is 0 Å². The highest BCUT2D eigenvalue weighted by Gasteiger charge is 2.12. The second-order valence-corrected chi connectivity index (χ2v) is 2.86. The maximum absolute atomic E-state index is 10.7. The van der Waals surface area contributed by atoms with Gasteiger partial charge in [-0.1, -0.05) is 0 Å². The summed E-state index contributed by atoms with van der Waals surface area (Å²) in [5.41, 5.74) is 0. The normalized spacial score (nSPS) is 12.6. The van der Waals surface area contributed by atoms with E-state index in [1.807, 2.05) is 0 Å². The lowest BCUT2D eigenvalue weighted by Crippen LogP contribution is -2.31. The van der Waals surface area contributed by atoms with Crippen molar-refractivity contribution < 1.29 is 9.59 Å². The molecule has 0 bridgehead atoms. The van der Waals surface area contributed by atoms with Crippen LogP contribution in [-0.4, -0.2) is 24.0 Å². The molecular formula is C7H13NO2S. The van der Waals surface area contributed by atoms with Crippen molar-refractivity contribution in [3.05, 3.63) is 0 Å². The molecule has 0 aromatic carbocycles. The van der Waals surface area contributed by atoms with E-state index in [9.17, 15) is 9.59 Å². The van der Waals surface area contributed by atoms with Gasteiger partial charge in [0.2, 0.25) is 5.12 Å². The van der Waals surface area contributed by atoms with Crippen molar-refractivity contribution in [3.63, 3.8) is 0 Å². The zero-order chi connectivity index (χ0) is 8.85. The minimum absolute atomic E-state index is 0.0971. The number of nitrogens with one attached hydrogen (secondary N) is 1. The fourth-order valence-electron chi connectivity index (χ4n) is 0.739. The maximum Gasteiger partial charge on any atom is 0.202 e. The number of hydrogen-bond donors (Lipinski definition) is 2. The van der Waals surface area contributed by atoms with Crippen molar-refractivity contribution >= 4 is 23.5 Å². The zero-order valence-electron chi connectivity index (χ0n) is 6.76. The van der Waals surface area contributed by atoms with E-state index in [-0.39, 0.29) is 16.9 Å². The molecule has 3 nitrogen and oxygen atoms in total. The van der Waals surface area contributed by atoms with Crippen molar-refractivity contribution in [2.45, 2.75) is 25.8 Å². The lowest BCUT2D eigenvalue weighted by atomic mass is 10.1. The molecule has 0 aromatic heterocycles. The third-order valence-electron chi connectivity index (χ3n) is 1.43. The monoisotopic (exact) mass is 175 g/mol. The van der Waals surface area contributed by atoms with Crippen LogP contribution in [0.1, 0.15) is 19.8 Å². The van der Waals surface area contributed by atoms with Crippen LogP contribution in [0, 0.1) is 0 Å². The van der Waals surface area contributed by atoms with E-state index in [0.29, 0.717) is 12.8 Å². The molecule has 4 heteroatoms. The number of ketones is 1. The predicted molar refractivity (Wildman–Crippen MR) is 46.8 cm³/mol. The van der Waals surface area contributed by atoms with E-state index in [1.165, 1.54) is 6.92 Å². The van der Waals surface area contributed by atoms with E-state index >= 15 is 0 Å². The molecule has 11 heavy (non-hydrogen) atoms. The third kappa shape index (κ3) is 4.98. The molecule has 0 aliphatic heterocycles. The Kier molecular flexibility index (Phi) is 5.15. The summed E-state index contributed by atoms with van der Waals surface area (Å²) < 4.78 is 0. The van der Waals surface area contributed by atoms with Crippen molar-refractivity contribution in [2.24, 2.45) is 0 Å². The van der Waals surface area contributed by atoms with E-state index < -0.39 is 0 Å². The van der Waals surface area contributed by atoms with Crippen LogP contribution < -0.4 is 5.32 Å². The molecule has 0 unspecified atom stereocenters. The van der Waals surface area contributed by atoms with Gasteiger partial charge < -0.3 is 10.1 Å². The summed E-state index contributed by atoms with van der Waals surface area (Å²) in [6.45, 7) is 1.51. The van der Waals surface area contributed by atoms with Gasteiger partial charge in [-0.3, -0.25) is 4.79 Å². The van der Waals surface area contributed by atoms with Crippen LogP contribution in [-0.2, 0) is 9.59 Å². The van der Waals surface area contributed by atoms with E-state index in [0.717, 1.165) is 0 Å². The number of thiol groups is 1. The minimum Gasteiger partial charge on any atom is -0.310 e. The second-order valence-electron chi connectivity index (χ2n) is 2.42. The number of rotatable bonds is 5. The number of likely N-dealkylation sites (N-methyl/N-ethyl adjacent to an activating group) is 1. The van der Waals surface area contributed by atoms with Crippen LogP contribution in [0.25, 0.3) is 0 Å². The summed E-state index contributed by atoms with van der Waals surface area (Å²) in [6, 6.07) is -0.290. The molecule has 0 heterocycles. The number of carbonyl (C=O) groups is 2. The Morgan fingerprint density at radius 3 is 2.36 bits per heavy atom. The van der Waals surface area contributed by atoms with Gasteiger partial charge in [-0.15, -0.1) is 12.6 Å². The highest BCUT2D eigenvalue weighted by atomic mass is 32.1. The van der Waals surface area contributed by atoms with Gasteiger partial charge in [-0.25, -0.2) is 0 Å². The molecule has 64 valence electrons. The average molecular weight is 175 g/mol. The van der Waals surface area contributed by atoms with E-state index in [1.54, 1.807) is 7.05 Å². The molecule has 0 saturated carbocycles. The molecule has 1 N–H and O–H groups in total. The molecule has 0 fully saturated rings. The fourth-order valence-corrected chi connectivity index (χ4v) is 0.997. The highest BCUT2D eigenvalue weighted by molar-refractivity contribution is 7.96. The minimum atomic E-state index is -0.290. The summed E-state index contributed by atoms with van der Waals surface area (Å²) in [5.74, 6) is 0.0971. The van der Waals surface area contributed by atoms with Gasteiger partial charge in [0.05, 0.1) is 6.04 Å². The van der Waals surface area contributed by atoms with Crippen LogP contribution in [0.5, 0.6) is 0 Å². The molecule has 0 radical (unpaired) electrons. The average Bonchev–Trinajstić information content (AvgIpc) is 1.87. The molecule has 0 amide bonds. The number of hydrogen-bond acceptors (Lipinski definition) is 3. The molecule has 1 atom stereocenters. The number of carbonyl (C=O) groups excluding carboxylic acids is 2. The van der Waals surface area contributed by atoms with Crippen LogP contribution in [0.4, 0.5) is 0 Å². The molecule has 0 rings (SSSR count). The topological polar surface area (TPSA) is 46.2 Å². The van der Waals surface area contributed by atoms with Gasteiger partial charge in [0.1, 0.15) is 5.78 Å². The third-order valence-corrected chi connectivity index (χ3v) is 1.74. The maximum atomic E-state index is 10.7. The molecule has 0 saturated heterocycles. The Balaban J connectivity index is 3.70. The molecular weight excluding hydrogens is 162 g/mol. The van der Waals surface area contributed by atoms with Crippen LogP contribution in [0.3, 0.4) is 0 Å². The summed E-state index contributed by atoms with van der Waals surface area (Å²) in [5, 5.41) is 2.56. The lowest BCUT2D eigenvalue weighted by molar-refractivity contribution is -0.117. The molecule has 0 spiro atoms. The Morgan fingerprint density at radius 2 is 2.09 bits per heavy atom. The van der Waals surface area contributed by atoms with Crippen molar-refractivity contribution in [1.82, 2.24) is 5.32 Å². The van der Waals surface area contributed by atoms with E-state index in [2.05, 4.69) is 17.9 Å². The quantitative estimate of drug-likeness (QED) is 0.595. The molecule has 0 aliphatic carbocycles. The Hall–Kier alpha value is -0.350. The zero-order valence-corrected chi connectivity index (χ0v) is 7.65. The summed E-state index contributed by atoms with van der Waals surface area (Å²) >= 11 is 3.66. The largest absolute Gasteiger partial charge is 0.310 e. The van der Waals surface area contributed by atoms with E-state index in [4.69, 9.17) is 0 Å². The predicted octanol–water partition coefficient (Wildman–Crippen LogP) is 0.400. The van der Waals surface area contributed by atoms with Gasteiger partial charge in [0.15, 0.2) is 0 Å². The summed E-state index contributed by atoms with van der Waals surface area (Å²) in [7, 11) is 1.68. The summed E-state index contributed by atoms with van der Waals surface area (Å²) in [4.78, 5) is 21.2. The smallest absolute Gasteiger partial charge is 0.202 e. The molecule has 0 aromatic rings. The van der Waals surface area contributed by atoms with Crippen LogP contribution in [0.2, 0.25) is 0 Å². The SMILES string of the molecule is CN[C@H](CCC(C)=O)C(=O)S. The van der Waals surface area contributed by atoms with Crippen LogP contribution >= 0.6 is 12.6 Å². The molecule has 0 aliphatic rings. The van der Waals surface area contributed by atoms with Gasteiger partial charge in [-0.2, -0.15) is 0 Å². The van der Waals surface area contributed by atoms with Crippen molar-refractivity contribution in [1.29, 1.82) is 0 Å². The first-order valence-electron chi connectivity index (χ1n) is 3.47.